The molecule has 1 aromatic carbocycles. The molecule has 4 N–H and O–H groups in total. The van der Waals surface area contributed by atoms with Gasteiger partial charge in [0.2, 0.25) is 0 Å². The number of carbonyl (C=O) groups is 1. The van der Waals surface area contributed by atoms with Gasteiger partial charge in [0.05, 0.1) is 25.2 Å². The van der Waals surface area contributed by atoms with Gasteiger partial charge < -0.3 is 30.2 Å². The molecule has 0 radical (unpaired) electrons. The van der Waals surface area contributed by atoms with E-state index in [-0.39, 0.29) is 18.3 Å². The molecule has 1 aromatic rings. The lowest BCUT2D eigenvalue weighted by Gasteiger charge is -2.39. The summed E-state index contributed by atoms with van der Waals surface area (Å²) >= 11 is 0. The summed E-state index contributed by atoms with van der Waals surface area (Å²) in [6, 6.07) is 5.38. The third-order valence-corrected chi connectivity index (χ3v) is 6.48. The molecule has 0 saturated heterocycles. The first kappa shape index (κ1) is 28.2. The molecular formula is C25H43NO6. The number of aryl methyl sites for hydroxylation is 1. The molecule has 1 rings (SSSR count). The van der Waals surface area contributed by atoms with Gasteiger partial charge in [-0.15, -0.1) is 0 Å². The van der Waals surface area contributed by atoms with Crippen molar-refractivity contribution in [1.82, 2.24) is 0 Å². The Morgan fingerprint density at radius 2 is 1.72 bits per heavy atom. The first-order chi connectivity index (χ1) is 15.1. The highest BCUT2D eigenvalue weighted by molar-refractivity contribution is 5.75. The minimum absolute atomic E-state index is 0.108. The molecule has 0 saturated carbocycles. The number of ether oxygens (including phenoxy) is 3. The Kier molecular flexibility index (Phi) is 12.0. The minimum atomic E-state index is -0.998. The van der Waals surface area contributed by atoms with E-state index in [0.717, 1.165) is 24.8 Å². The number of carboxylic acid groups (broad SMARTS) is 1. The van der Waals surface area contributed by atoms with Crippen molar-refractivity contribution in [2.75, 3.05) is 27.4 Å². The molecule has 7 nitrogen and oxygen atoms in total. The van der Waals surface area contributed by atoms with Crippen molar-refractivity contribution in [1.29, 1.82) is 0 Å². The number of aliphatic hydroxyl groups excluding tert-OH is 1. The fraction of sp³-hybridized carbons (Fsp3) is 0.720. The lowest BCUT2D eigenvalue weighted by Crippen LogP contribution is -2.47. The van der Waals surface area contributed by atoms with Gasteiger partial charge in [0.1, 0.15) is 0 Å². The minimum Gasteiger partial charge on any atom is -0.493 e. The van der Waals surface area contributed by atoms with Gasteiger partial charge in [0.25, 0.3) is 0 Å². The zero-order valence-corrected chi connectivity index (χ0v) is 20.6. The molecule has 0 aliphatic rings. The quantitative estimate of drug-likeness (QED) is 0.326. The maximum Gasteiger partial charge on any atom is 0.310 e. The molecule has 0 aliphatic carbocycles. The van der Waals surface area contributed by atoms with Gasteiger partial charge in [0.15, 0.2) is 11.5 Å². The van der Waals surface area contributed by atoms with E-state index in [9.17, 15) is 15.0 Å². The summed E-state index contributed by atoms with van der Waals surface area (Å²) in [5.74, 6) is 0.299. The first-order valence-electron chi connectivity index (χ1n) is 11.6. The number of aliphatic carboxylic acids is 1. The molecule has 2 unspecified atom stereocenters. The third kappa shape index (κ3) is 7.64. The second-order valence-electron chi connectivity index (χ2n) is 9.16. The Morgan fingerprint density at radius 3 is 2.25 bits per heavy atom. The Balaban J connectivity index is 2.69. The summed E-state index contributed by atoms with van der Waals surface area (Å²) < 4.78 is 16.3. The zero-order valence-electron chi connectivity index (χ0n) is 20.6. The molecule has 2 atom stereocenters. The molecule has 0 heterocycles. The van der Waals surface area contributed by atoms with Gasteiger partial charge in [-0.1, -0.05) is 33.8 Å². The predicted molar refractivity (Wildman–Crippen MR) is 126 cm³/mol. The van der Waals surface area contributed by atoms with Crippen molar-refractivity contribution in [2.45, 2.75) is 71.9 Å². The lowest BCUT2D eigenvalue weighted by atomic mass is 9.65. The van der Waals surface area contributed by atoms with E-state index in [0.29, 0.717) is 31.1 Å². The fourth-order valence-corrected chi connectivity index (χ4v) is 4.33. The summed E-state index contributed by atoms with van der Waals surface area (Å²) in [7, 11) is 3.28. The van der Waals surface area contributed by atoms with Gasteiger partial charge in [-0.3, -0.25) is 4.79 Å². The third-order valence-electron chi connectivity index (χ3n) is 6.48. The van der Waals surface area contributed by atoms with Crippen molar-refractivity contribution < 1.29 is 29.2 Å². The highest BCUT2D eigenvalue weighted by atomic mass is 16.5. The van der Waals surface area contributed by atoms with Crippen LogP contribution in [0.5, 0.6) is 11.5 Å². The number of hydrogen-bond acceptors (Lipinski definition) is 6. The number of rotatable bonds is 16. The van der Waals surface area contributed by atoms with Gasteiger partial charge in [-0.05, 0) is 55.2 Å². The molecule has 0 bridgehead atoms. The topological polar surface area (TPSA) is 111 Å². The number of aliphatic hydroxyl groups is 1. The van der Waals surface area contributed by atoms with E-state index >= 15 is 0 Å². The highest BCUT2D eigenvalue weighted by Crippen LogP contribution is 2.41. The van der Waals surface area contributed by atoms with Crippen molar-refractivity contribution in [2.24, 2.45) is 23.0 Å². The number of benzene rings is 1. The Hall–Kier alpha value is -1.83. The van der Waals surface area contributed by atoms with Crippen LogP contribution in [-0.4, -0.2) is 55.8 Å². The van der Waals surface area contributed by atoms with Gasteiger partial charge in [-0.25, -0.2) is 0 Å². The Labute approximate surface area is 193 Å². The molecule has 0 fully saturated rings. The van der Waals surface area contributed by atoms with Crippen molar-refractivity contribution >= 4 is 5.97 Å². The van der Waals surface area contributed by atoms with Gasteiger partial charge in [0, 0.05) is 26.2 Å². The van der Waals surface area contributed by atoms with Crippen molar-refractivity contribution in [3.05, 3.63) is 23.8 Å². The second kappa shape index (κ2) is 13.7. The van der Waals surface area contributed by atoms with E-state index in [1.807, 2.05) is 45.9 Å². The standard InChI is InChI=1S/C25H43NO6/c1-17(2)25(18(3)4,24(28)29)16-21(27)20(26)10-7-9-19-11-12-22(31-6)23(15-19)32-14-8-13-30-5/h11-12,15,17-18,20-21,27H,7-10,13-14,16,26H2,1-6H3,(H,28,29). The van der Waals surface area contributed by atoms with Crippen LogP contribution in [0.4, 0.5) is 0 Å². The molecule has 184 valence electrons. The van der Waals surface area contributed by atoms with Gasteiger partial charge >= 0.3 is 5.97 Å². The predicted octanol–water partition coefficient (Wildman–Crippen LogP) is 3.89. The molecule has 32 heavy (non-hydrogen) atoms. The average molecular weight is 454 g/mol. The summed E-state index contributed by atoms with van der Waals surface area (Å²) in [6.45, 7) is 8.76. The lowest BCUT2D eigenvalue weighted by molar-refractivity contribution is -0.159. The van der Waals surface area contributed by atoms with Crippen LogP contribution in [-0.2, 0) is 16.0 Å². The van der Waals surface area contributed by atoms with Gasteiger partial charge in [-0.2, -0.15) is 0 Å². The number of carboxylic acids is 1. The van der Waals surface area contributed by atoms with Crippen LogP contribution in [0.3, 0.4) is 0 Å². The number of nitrogens with two attached hydrogens (primary N) is 1. The van der Waals surface area contributed by atoms with Crippen LogP contribution < -0.4 is 15.2 Å². The zero-order chi connectivity index (χ0) is 24.3. The molecular weight excluding hydrogens is 410 g/mol. The normalized spacial score (nSPS) is 13.9. The van der Waals surface area contributed by atoms with E-state index in [4.69, 9.17) is 19.9 Å². The summed E-state index contributed by atoms with van der Waals surface area (Å²) in [5.41, 5.74) is 6.36. The number of hydrogen-bond donors (Lipinski definition) is 3. The van der Waals surface area contributed by atoms with Crippen LogP contribution in [0.1, 0.15) is 58.9 Å². The molecule has 0 amide bonds. The maximum absolute atomic E-state index is 12.1. The molecule has 7 heteroatoms. The van der Waals surface area contributed by atoms with E-state index in [1.54, 1.807) is 14.2 Å². The Morgan fingerprint density at radius 1 is 1.06 bits per heavy atom. The van der Waals surface area contributed by atoms with E-state index in [1.165, 1.54) is 0 Å². The first-order valence-corrected chi connectivity index (χ1v) is 11.6. The van der Waals surface area contributed by atoms with E-state index < -0.39 is 23.5 Å². The molecule has 0 aromatic heterocycles. The smallest absolute Gasteiger partial charge is 0.310 e. The maximum atomic E-state index is 12.1. The summed E-state index contributed by atoms with van der Waals surface area (Å²) in [6.07, 6.45) is 2.23. The monoisotopic (exact) mass is 453 g/mol. The Bertz CT molecular complexity index is 683. The molecule has 0 aliphatic heterocycles. The van der Waals surface area contributed by atoms with Crippen LogP contribution in [0, 0.1) is 17.3 Å². The highest BCUT2D eigenvalue weighted by Gasteiger charge is 2.46. The molecule has 0 spiro atoms. The van der Waals surface area contributed by atoms with Crippen LogP contribution in [0.2, 0.25) is 0 Å². The summed E-state index contributed by atoms with van der Waals surface area (Å²) in [4.78, 5) is 12.1. The largest absolute Gasteiger partial charge is 0.493 e. The van der Waals surface area contributed by atoms with Crippen molar-refractivity contribution in [3.63, 3.8) is 0 Å². The van der Waals surface area contributed by atoms with E-state index in [2.05, 4.69) is 0 Å². The van der Waals surface area contributed by atoms with Crippen LogP contribution >= 0.6 is 0 Å². The second-order valence-corrected chi connectivity index (χ2v) is 9.16. The fourth-order valence-electron chi connectivity index (χ4n) is 4.33. The van der Waals surface area contributed by atoms with Crippen LogP contribution in [0.25, 0.3) is 0 Å². The van der Waals surface area contributed by atoms with Crippen molar-refractivity contribution in [3.8, 4) is 11.5 Å². The SMILES string of the molecule is COCCCOc1cc(CCCC(N)C(O)CC(C(=O)O)(C(C)C)C(C)C)ccc1OC. The average Bonchev–Trinajstić information content (AvgIpc) is 2.74. The van der Waals surface area contributed by atoms with Crippen LogP contribution in [0.15, 0.2) is 18.2 Å². The number of methoxy groups -OCH3 is 2. The summed E-state index contributed by atoms with van der Waals surface area (Å²) in [5, 5.41) is 20.6.